The molecule has 0 bridgehead atoms. The van der Waals surface area contributed by atoms with Crippen LogP contribution in [0.5, 0.6) is 0 Å². The van der Waals surface area contributed by atoms with E-state index in [0.717, 1.165) is 30.4 Å². The molecule has 1 aliphatic rings. The Morgan fingerprint density at radius 1 is 1.13 bits per heavy atom. The highest BCUT2D eigenvalue weighted by atomic mass is 35.5. The van der Waals surface area contributed by atoms with Crippen molar-refractivity contribution in [3.63, 3.8) is 0 Å². The molecule has 1 aliphatic heterocycles. The topological polar surface area (TPSA) is 32.3 Å². The van der Waals surface area contributed by atoms with Crippen LogP contribution in [0.25, 0.3) is 0 Å². The number of carbonyl (C=O) groups is 1. The zero-order valence-corrected chi connectivity index (χ0v) is 14.0. The second-order valence-corrected chi connectivity index (χ2v) is 6.56. The van der Waals surface area contributed by atoms with Gasteiger partial charge in [0.1, 0.15) is 0 Å². The lowest BCUT2D eigenvalue weighted by atomic mass is 9.99. The summed E-state index contributed by atoms with van der Waals surface area (Å²) in [6, 6.07) is 14.9. The largest absolute Gasteiger partial charge is 0.370 e. The smallest absolute Gasteiger partial charge is 0.255 e. The number of halogens is 1. The number of hydrogen-bond acceptors (Lipinski definition) is 2. The number of benzene rings is 2. The van der Waals surface area contributed by atoms with Crippen molar-refractivity contribution in [3.05, 3.63) is 59.1 Å². The van der Waals surface area contributed by atoms with E-state index in [9.17, 15) is 4.79 Å². The van der Waals surface area contributed by atoms with Gasteiger partial charge in [-0.3, -0.25) is 4.79 Å². The van der Waals surface area contributed by atoms with Crippen LogP contribution in [0.1, 0.15) is 30.1 Å². The zero-order chi connectivity index (χ0) is 16.2. The molecule has 0 unspecified atom stereocenters. The Morgan fingerprint density at radius 2 is 1.83 bits per heavy atom. The van der Waals surface area contributed by atoms with Crippen molar-refractivity contribution in [1.29, 1.82) is 0 Å². The molecule has 2 aromatic carbocycles. The molecule has 23 heavy (non-hydrogen) atoms. The van der Waals surface area contributed by atoms with Crippen molar-refractivity contribution in [2.24, 2.45) is 5.92 Å². The molecule has 0 saturated carbocycles. The highest BCUT2D eigenvalue weighted by molar-refractivity contribution is 6.33. The Balaban J connectivity index is 1.71. The van der Waals surface area contributed by atoms with Gasteiger partial charge in [-0.15, -0.1) is 0 Å². The fourth-order valence-electron chi connectivity index (χ4n) is 2.88. The molecule has 0 spiro atoms. The molecule has 1 fully saturated rings. The van der Waals surface area contributed by atoms with Crippen LogP contribution in [-0.2, 0) is 0 Å². The summed E-state index contributed by atoms with van der Waals surface area (Å²) in [7, 11) is 0. The number of nitrogens with one attached hydrogen (secondary N) is 1. The van der Waals surface area contributed by atoms with Crippen LogP contribution in [0, 0.1) is 5.92 Å². The number of carbonyl (C=O) groups excluding carboxylic acids is 1. The van der Waals surface area contributed by atoms with E-state index in [0.29, 0.717) is 10.6 Å². The first-order valence-electron chi connectivity index (χ1n) is 8.04. The van der Waals surface area contributed by atoms with E-state index in [1.165, 1.54) is 12.8 Å². The average molecular weight is 329 g/mol. The third kappa shape index (κ3) is 3.85. The summed E-state index contributed by atoms with van der Waals surface area (Å²) in [5, 5.41) is 3.58. The zero-order valence-electron chi connectivity index (χ0n) is 13.3. The van der Waals surface area contributed by atoms with Gasteiger partial charge in [-0.1, -0.05) is 36.7 Å². The van der Waals surface area contributed by atoms with Gasteiger partial charge in [0.25, 0.3) is 5.91 Å². The number of piperidine rings is 1. The van der Waals surface area contributed by atoms with Crippen molar-refractivity contribution in [2.75, 3.05) is 23.3 Å². The maximum absolute atomic E-state index is 12.2. The van der Waals surface area contributed by atoms with Gasteiger partial charge in [-0.05, 0) is 49.1 Å². The number of nitrogens with zero attached hydrogens (tertiary/aromatic N) is 1. The summed E-state index contributed by atoms with van der Waals surface area (Å²) in [5.41, 5.74) is 2.41. The maximum atomic E-state index is 12.2. The lowest BCUT2D eigenvalue weighted by Gasteiger charge is -2.32. The Bertz CT molecular complexity index is 679. The van der Waals surface area contributed by atoms with Gasteiger partial charge in [0.05, 0.1) is 10.7 Å². The van der Waals surface area contributed by atoms with Crippen LogP contribution in [0.15, 0.2) is 48.5 Å². The molecule has 120 valence electrons. The maximum Gasteiger partial charge on any atom is 0.255 e. The Labute approximate surface area is 142 Å². The van der Waals surface area contributed by atoms with Crippen molar-refractivity contribution < 1.29 is 4.79 Å². The van der Waals surface area contributed by atoms with E-state index in [2.05, 4.69) is 17.1 Å². The summed E-state index contributed by atoms with van der Waals surface area (Å²) in [4.78, 5) is 14.5. The predicted octanol–water partition coefficient (Wildman–Crippen LogP) is 4.83. The molecule has 3 nitrogen and oxygen atoms in total. The molecule has 0 aromatic heterocycles. The molecule has 1 heterocycles. The van der Waals surface area contributed by atoms with Crippen LogP contribution in [0.3, 0.4) is 0 Å². The minimum absolute atomic E-state index is 0.124. The minimum atomic E-state index is -0.124. The summed E-state index contributed by atoms with van der Waals surface area (Å²) in [5.74, 6) is 0.663. The lowest BCUT2D eigenvalue weighted by molar-refractivity contribution is 0.102. The van der Waals surface area contributed by atoms with E-state index >= 15 is 0 Å². The molecule has 3 rings (SSSR count). The van der Waals surface area contributed by atoms with Crippen molar-refractivity contribution in [1.82, 2.24) is 0 Å². The molecule has 2 aromatic rings. The number of anilines is 2. The fourth-order valence-corrected chi connectivity index (χ4v) is 3.18. The van der Waals surface area contributed by atoms with Crippen molar-refractivity contribution in [3.8, 4) is 0 Å². The molecular formula is C19H21ClN2O. The molecule has 4 heteroatoms. The first-order chi connectivity index (χ1) is 11.1. The quantitative estimate of drug-likeness (QED) is 0.875. The van der Waals surface area contributed by atoms with E-state index < -0.39 is 0 Å². The number of hydrogen-bond donors (Lipinski definition) is 1. The molecule has 1 N–H and O–H groups in total. The number of amides is 1. The van der Waals surface area contributed by atoms with Gasteiger partial charge in [0.15, 0.2) is 0 Å². The molecule has 0 aliphatic carbocycles. The summed E-state index contributed by atoms with van der Waals surface area (Å²) >= 11 is 6.44. The lowest BCUT2D eigenvalue weighted by Crippen LogP contribution is -2.32. The second kappa shape index (κ2) is 7.05. The Kier molecular flexibility index (Phi) is 4.87. The first kappa shape index (κ1) is 15.9. The first-order valence-corrected chi connectivity index (χ1v) is 8.42. The van der Waals surface area contributed by atoms with Crippen molar-refractivity contribution >= 4 is 28.9 Å². The summed E-state index contributed by atoms with van der Waals surface area (Å²) < 4.78 is 0. The van der Waals surface area contributed by atoms with Gasteiger partial charge in [-0.25, -0.2) is 0 Å². The predicted molar refractivity (Wildman–Crippen MR) is 96.5 cm³/mol. The second-order valence-electron chi connectivity index (χ2n) is 6.16. The average Bonchev–Trinajstić information content (AvgIpc) is 2.57. The van der Waals surface area contributed by atoms with Crippen LogP contribution >= 0.6 is 11.6 Å². The summed E-state index contributed by atoms with van der Waals surface area (Å²) in [6.45, 7) is 4.37. The SMILES string of the molecule is CC1CCN(c2ccc(NC(=O)c3ccccc3)cc2Cl)CC1. The molecule has 1 saturated heterocycles. The Hall–Kier alpha value is -2.00. The van der Waals surface area contributed by atoms with E-state index in [4.69, 9.17) is 11.6 Å². The molecule has 1 amide bonds. The normalized spacial score (nSPS) is 15.5. The van der Waals surface area contributed by atoms with Crippen LogP contribution in [0.4, 0.5) is 11.4 Å². The molecular weight excluding hydrogens is 308 g/mol. The third-order valence-electron chi connectivity index (χ3n) is 4.37. The van der Waals surface area contributed by atoms with E-state index in [-0.39, 0.29) is 5.91 Å². The summed E-state index contributed by atoms with van der Waals surface area (Å²) in [6.07, 6.45) is 2.39. The van der Waals surface area contributed by atoms with Gasteiger partial charge in [-0.2, -0.15) is 0 Å². The fraction of sp³-hybridized carbons (Fsp3) is 0.316. The van der Waals surface area contributed by atoms with Crippen molar-refractivity contribution in [2.45, 2.75) is 19.8 Å². The standard InChI is InChI=1S/C19H21ClN2O/c1-14-9-11-22(12-10-14)18-8-7-16(13-17(18)20)21-19(23)15-5-3-2-4-6-15/h2-8,13-14H,9-12H2,1H3,(H,21,23). The highest BCUT2D eigenvalue weighted by Gasteiger charge is 2.18. The number of rotatable bonds is 3. The van der Waals surface area contributed by atoms with Crippen LogP contribution in [0.2, 0.25) is 5.02 Å². The van der Waals surface area contributed by atoms with E-state index in [1.54, 1.807) is 12.1 Å². The highest BCUT2D eigenvalue weighted by Crippen LogP contribution is 2.31. The van der Waals surface area contributed by atoms with Gasteiger partial charge in [0, 0.05) is 24.3 Å². The van der Waals surface area contributed by atoms with Gasteiger partial charge >= 0.3 is 0 Å². The minimum Gasteiger partial charge on any atom is -0.370 e. The Morgan fingerprint density at radius 3 is 2.48 bits per heavy atom. The molecule has 0 atom stereocenters. The molecule has 0 radical (unpaired) electrons. The van der Waals surface area contributed by atoms with Crippen LogP contribution in [-0.4, -0.2) is 19.0 Å². The van der Waals surface area contributed by atoms with Gasteiger partial charge in [0.2, 0.25) is 0 Å². The monoisotopic (exact) mass is 328 g/mol. The van der Waals surface area contributed by atoms with E-state index in [1.807, 2.05) is 36.4 Å². The third-order valence-corrected chi connectivity index (χ3v) is 4.67. The van der Waals surface area contributed by atoms with Gasteiger partial charge < -0.3 is 10.2 Å². The van der Waals surface area contributed by atoms with Crippen LogP contribution < -0.4 is 10.2 Å².